The maximum absolute atomic E-state index is 12.9. The Hall–Kier alpha value is -2.15. The number of ether oxygens (including phenoxy) is 1. The van der Waals surface area contributed by atoms with Gasteiger partial charge in [0.1, 0.15) is 17.1 Å². The highest BCUT2D eigenvalue weighted by Gasteiger charge is 2.33. The summed E-state index contributed by atoms with van der Waals surface area (Å²) >= 11 is 0. The number of carbonyl (C=O) groups is 1. The molecule has 2 aromatic heterocycles. The molecule has 7 nitrogen and oxygen atoms in total. The molecule has 1 unspecified atom stereocenters. The van der Waals surface area contributed by atoms with Crippen molar-refractivity contribution in [2.75, 3.05) is 19.8 Å². The smallest absolute Gasteiger partial charge is 0.260 e. The maximum atomic E-state index is 12.9. The summed E-state index contributed by atoms with van der Waals surface area (Å²) in [6.07, 6.45) is 2.74. The largest absolute Gasteiger partial charge is 0.381 e. The number of amides is 1. The van der Waals surface area contributed by atoms with Crippen molar-refractivity contribution >= 4 is 5.91 Å². The Balaban J connectivity index is 1.80. The molecule has 1 atom stereocenters. The molecule has 0 N–H and O–H groups in total. The molecule has 7 heteroatoms. The summed E-state index contributed by atoms with van der Waals surface area (Å²) in [5, 5.41) is 3.89. The molecular formula is C17H24N4O3. The molecule has 0 aromatic carbocycles. The monoisotopic (exact) mass is 332 g/mol. The van der Waals surface area contributed by atoms with Gasteiger partial charge in [-0.3, -0.25) is 4.79 Å². The average Bonchev–Trinajstić information content (AvgIpc) is 3.12. The second-order valence-corrected chi connectivity index (χ2v) is 6.08. The Bertz CT molecular complexity index is 715. The summed E-state index contributed by atoms with van der Waals surface area (Å²) in [7, 11) is 0. The number of nitrogens with zero attached hydrogens (tertiary/aromatic N) is 4. The number of fused-ring (bicyclic) bond motifs is 1. The van der Waals surface area contributed by atoms with Gasteiger partial charge in [0.25, 0.3) is 5.91 Å². The van der Waals surface area contributed by atoms with Crippen LogP contribution in [0.5, 0.6) is 0 Å². The molecule has 130 valence electrons. The fourth-order valence-electron chi connectivity index (χ4n) is 3.29. The summed E-state index contributed by atoms with van der Waals surface area (Å²) < 4.78 is 12.8. The number of carbonyl (C=O) groups excluding carboxylic acids is 1. The van der Waals surface area contributed by atoms with Gasteiger partial charge in [-0.2, -0.15) is 0 Å². The molecule has 1 amide bonds. The maximum Gasteiger partial charge on any atom is 0.260 e. The van der Waals surface area contributed by atoms with E-state index in [0.29, 0.717) is 30.2 Å². The van der Waals surface area contributed by atoms with Crippen LogP contribution in [0.2, 0.25) is 0 Å². The van der Waals surface area contributed by atoms with Gasteiger partial charge in [0.2, 0.25) is 0 Å². The van der Waals surface area contributed by atoms with Crippen molar-refractivity contribution in [3.8, 4) is 0 Å². The van der Waals surface area contributed by atoms with Gasteiger partial charge in [0, 0.05) is 38.0 Å². The minimum Gasteiger partial charge on any atom is -0.381 e. The molecular weight excluding hydrogens is 308 g/mol. The molecule has 0 spiro atoms. The number of hydrogen-bond donors (Lipinski definition) is 0. The molecule has 0 saturated carbocycles. The van der Waals surface area contributed by atoms with Crippen LogP contribution < -0.4 is 0 Å². The number of rotatable bonds is 5. The Morgan fingerprint density at radius 3 is 2.88 bits per heavy atom. The van der Waals surface area contributed by atoms with Crippen molar-refractivity contribution in [2.45, 2.75) is 46.7 Å². The molecule has 1 aliphatic rings. The zero-order valence-electron chi connectivity index (χ0n) is 14.7. The van der Waals surface area contributed by atoms with Crippen molar-refractivity contribution in [3.63, 3.8) is 0 Å². The third-order valence-corrected chi connectivity index (χ3v) is 4.59. The third-order valence-electron chi connectivity index (χ3n) is 4.59. The highest BCUT2D eigenvalue weighted by molar-refractivity contribution is 5.96. The summed E-state index contributed by atoms with van der Waals surface area (Å²) in [5.41, 5.74) is 2.36. The molecule has 0 fully saturated rings. The fraction of sp³-hybridized carbons (Fsp3) is 0.588. The van der Waals surface area contributed by atoms with Gasteiger partial charge in [-0.25, -0.2) is 4.98 Å². The van der Waals surface area contributed by atoms with E-state index >= 15 is 0 Å². The van der Waals surface area contributed by atoms with Gasteiger partial charge >= 0.3 is 0 Å². The lowest BCUT2D eigenvalue weighted by Crippen LogP contribution is -2.42. The van der Waals surface area contributed by atoms with Crippen molar-refractivity contribution in [1.29, 1.82) is 0 Å². The predicted octanol–water partition coefficient (Wildman–Crippen LogP) is 2.28. The van der Waals surface area contributed by atoms with E-state index in [4.69, 9.17) is 9.26 Å². The van der Waals surface area contributed by atoms with Crippen LogP contribution in [0, 0.1) is 13.8 Å². The SMILES string of the molecule is CCOCCc1cnc2n1CCN(C(=O)c1c(C)noc1C)C2C. The standard InChI is InChI=1S/C17H24N4O3/c1-5-23-9-6-14-10-18-16-12(3)20(7-8-21(14)16)17(22)15-11(2)19-24-13(15)4/h10,12H,5-9H2,1-4H3. The second kappa shape index (κ2) is 6.76. The topological polar surface area (TPSA) is 73.4 Å². The Labute approximate surface area is 141 Å². The van der Waals surface area contributed by atoms with Gasteiger partial charge < -0.3 is 18.7 Å². The van der Waals surface area contributed by atoms with E-state index in [2.05, 4.69) is 14.7 Å². The van der Waals surface area contributed by atoms with Gasteiger partial charge in [0.05, 0.1) is 18.3 Å². The number of imidazole rings is 1. The van der Waals surface area contributed by atoms with Crippen LogP contribution in [-0.2, 0) is 17.7 Å². The van der Waals surface area contributed by atoms with Crippen LogP contribution >= 0.6 is 0 Å². The van der Waals surface area contributed by atoms with E-state index in [1.807, 2.05) is 24.9 Å². The van der Waals surface area contributed by atoms with Gasteiger partial charge in [0.15, 0.2) is 0 Å². The van der Waals surface area contributed by atoms with Crippen LogP contribution in [0.4, 0.5) is 0 Å². The average molecular weight is 332 g/mol. The highest BCUT2D eigenvalue weighted by Crippen LogP contribution is 2.28. The van der Waals surface area contributed by atoms with E-state index < -0.39 is 0 Å². The minimum absolute atomic E-state index is 0.0381. The van der Waals surface area contributed by atoms with E-state index in [9.17, 15) is 4.79 Å². The summed E-state index contributed by atoms with van der Waals surface area (Å²) in [5.74, 6) is 1.45. The first-order valence-electron chi connectivity index (χ1n) is 8.40. The minimum atomic E-state index is -0.0826. The van der Waals surface area contributed by atoms with Crippen molar-refractivity contribution in [1.82, 2.24) is 19.6 Å². The third kappa shape index (κ3) is 2.84. The summed E-state index contributed by atoms with van der Waals surface area (Å²) in [6.45, 7) is 10.4. The van der Waals surface area contributed by atoms with Crippen LogP contribution in [0.15, 0.2) is 10.7 Å². The van der Waals surface area contributed by atoms with Crippen molar-refractivity contribution in [2.24, 2.45) is 0 Å². The first-order chi connectivity index (χ1) is 11.5. The van der Waals surface area contributed by atoms with E-state index in [1.165, 1.54) is 0 Å². The lowest BCUT2D eigenvalue weighted by Gasteiger charge is -2.34. The molecule has 3 rings (SSSR count). The molecule has 3 heterocycles. The molecule has 24 heavy (non-hydrogen) atoms. The van der Waals surface area contributed by atoms with Gasteiger partial charge in [-0.1, -0.05) is 5.16 Å². The van der Waals surface area contributed by atoms with Crippen LogP contribution in [0.3, 0.4) is 0 Å². The first-order valence-corrected chi connectivity index (χ1v) is 8.40. The molecule has 2 aromatic rings. The Morgan fingerprint density at radius 1 is 1.42 bits per heavy atom. The highest BCUT2D eigenvalue weighted by atomic mass is 16.5. The summed E-state index contributed by atoms with van der Waals surface area (Å²) in [6, 6.07) is -0.0826. The molecule has 0 saturated heterocycles. The zero-order valence-corrected chi connectivity index (χ0v) is 14.7. The lowest BCUT2D eigenvalue weighted by molar-refractivity contribution is 0.0632. The molecule has 0 aliphatic carbocycles. The lowest BCUT2D eigenvalue weighted by atomic mass is 10.1. The molecule has 0 radical (unpaired) electrons. The van der Waals surface area contributed by atoms with E-state index in [-0.39, 0.29) is 11.9 Å². The quantitative estimate of drug-likeness (QED) is 0.786. The van der Waals surface area contributed by atoms with Gasteiger partial charge in [-0.05, 0) is 27.7 Å². The van der Waals surface area contributed by atoms with E-state index in [1.54, 1.807) is 13.8 Å². The van der Waals surface area contributed by atoms with Crippen molar-refractivity contribution in [3.05, 3.63) is 34.7 Å². The first kappa shape index (κ1) is 16.7. The number of aryl methyl sites for hydroxylation is 2. The Kier molecular flexibility index (Phi) is 4.71. The van der Waals surface area contributed by atoms with Crippen LogP contribution in [-0.4, -0.2) is 45.3 Å². The Morgan fingerprint density at radius 2 is 2.21 bits per heavy atom. The van der Waals surface area contributed by atoms with Crippen LogP contribution in [0.25, 0.3) is 0 Å². The second-order valence-electron chi connectivity index (χ2n) is 6.08. The summed E-state index contributed by atoms with van der Waals surface area (Å²) in [4.78, 5) is 19.3. The van der Waals surface area contributed by atoms with E-state index in [0.717, 1.165) is 31.1 Å². The predicted molar refractivity (Wildman–Crippen MR) is 87.9 cm³/mol. The molecule has 1 aliphatic heterocycles. The fourth-order valence-corrected chi connectivity index (χ4v) is 3.29. The zero-order chi connectivity index (χ0) is 17.3. The van der Waals surface area contributed by atoms with Crippen molar-refractivity contribution < 1.29 is 14.1 Å². The number of aromatic nitrogens is 3. The number of hydrogen-bond acceptors (Lipinski definition) is 5. The van der Waals surface area contributed by atoms with Crippen LogP contribution in [0.1, 0.15) is 53.2 Å². The normalized spacial score (nSPS) is 17.2. The van der Waals surface area contributed by atoms with Gasteiger partial charge in [-0.15, -0.1) is 0 Å². The molecule has 0 bridgehead atoms.